The molecule has 0 unspecified atom stereocenters. The number of hydrogen-bond donors (Lipinski definition) is 1. The van der Waals surface area contributed by atoms with Gasteiger partial charge in [0.1, 0.15) is 5.01 Å². The van der Waals surface area contributed by atoms with Gasteiger partial charge in [-0.1, -0.05) is 0 Å². The summed E-state index contributed by atoms with van der Waals surface area (Å²) in [5.41, 5.74) is 3.00. The van der Waals surface area contributed by atoms with E-state index in [2.05, 4.69) is 31.5 Å². The van der Waals surface area contributed by atoms with Crippen LogP contribution in [-0.2, 0) is 4.74 Å². The maximum absolute atomic E-state index is 14.4. The van der Waals surface area contributed by atoms with Crippen molar-refractivity contribution in [1.29, 1.82) is 0 Å². The van der Waals surface area contributed by atoms with Crippen LogP contribution in [-0.4, -0.2) is 65.1 Å². The van der Waals surface area contributed by atoms with Crippen molar-refractivity contribution in [3.05, 3.63) is 47.8 Å². The van der Waals surface area contributed by atoms with Crippen molar-refractivity contribution in [2.24, 2.45) is 5.10 Å². The predicted molar refractivity (Wildman–Crippen MR) is 124 cm³/mol. The Hall–Kier alpha value is -3.04. The largest absolute Gasteiger partial charge is 0.504 e. The SMILES string of the molecule is Oc1c(F)cc(-c2nc(-c3ccc(N4CCCC4)cc3)ns2)cc1C=NN1CCOCC1. The number of ether oxygens (including phenoxy) is 1. The molecule has 1 N–H and O–H groups in total. The van der Waals surface area contributed by atoms with Gasteiger partial charge in [-0.15, -0.1) is 0 Å². The number of rotatable bonds is 5. The number of aromatic hydroxyl groups is 1. The molecule has 2 fully saturated rings. The van der Waals surface area contributed by atoms with Gasteiger partial charge in [0.15, 0.2) is 17.4 Å². The summed E-state index contributed by atoms with van der Waals surface area (Å²) in [6.45, 7) is 4.73. The Morgan fingerprint density at radius 2 is 1.78 bits per heavy atom. The van der Waals surface area contributed by atoms with E-state index in [1.165, 1.54) is 42.3 Å². The maximum Gasteiger partial charge on any atom is 0.173 e. The Morgan fingerprint density at radius 3 is 2.53 bits per heavy atom. The first-order valence-electron chi connectivity index (χ1n) is 10.8. The molecule has 5 rings (SSSR count). The summed E-state index contributed by atoms with van der Waals surface area (Å²) in [6, 6.07) is 11.2. The first-order chi connectivity index (χ1) is 15.7. The van der Waals surface area contributed by atoms with Crippen LogP contribution in [0.4, 0.5) is 10.1 Å². The molecule has 1 aromatic heterocycles. The number of hydrazone groups is 1. The number of halogens is 1. The summed E-state index contributed by atoms with van der Waals surface area (Å²) >= 11 is 1.21. The molecular formula is C23H24FN5O2S. The van der Waals surface area contributed by atoms with Crippen molar-refractivity contribution >= 4 is 23.4 Å². The molecule has 9 heteroatoms. The smallest absolute Gasteiger partial charge is 0.173 e. The fourth-order valence-corrected chi connectivity index (χ4v) is 4.58. The molecule has 2 aliphatic rings. The lowest BCUT2D eigenvalue weighted by atomic mass is 10.1. The van der Waals surface area contributed by atoms with Gasteiger partial charge in [-0.05, 0) is 60.8 Å². The molecular weight excluding hydrogens is 429 g/mol. The molecule has 2 saturated heterocycles. The predicted octanol–water partition coefficient (Wildman–Crippen LogP) is 3.98. The van der Waals surface area contributed by atoms with Crippen LogP contribution in [0.25, 0.3) is 22.0 Å². The summed E-state index contributed by atoms with van der Waals surface area (Å²) in [5, 5.41) is 16.9. The molecule has 32 heavy (non-hydrogen) atoms. The fraction of sp³-hybridized carbons (Fsp3) is 0.348. The maximum atomic E-state index is 14.4. The molecule has 2 aliphatic heterocycles. The highest BCUT2D eigenvalue weighted by molar-refractivity contribution is 7.09. The van der Waals surface area contributed by atoms with E-state index in [0.717, 1.165) is 18.7 Å². The van der Waals surface area contributed by atoms with Crippen LogP contribution in [0, 0.1) is 5.82 Å². The van der Waals surface area contributed by atoms with Crippen LogP contribution in [0.2, 0.25) is 0 Å². The Bertz CT molecular complexity index is 1110. The Morgan fingerprint density at radius 1 is 1.03 bits per heavy atom. The lowest BCUT2D eigenvalue weighted by Crippen LogP contribution is -2.32. The number of phenolic OH excluding ortho intramolecular Hbond substituents is 1. The number of anilines is 1. The van der Waals surface area contributed by atoms with E-state index in [9.17, 15) is 9.50 Å². The molecule has 2 aromatic carbocycles. The number of morpholine rings is 1. The second kappa shape index (κ2) is 9.22. The number of nitrogens with zero attached hydrogens (tertiary/aromatic N) is 5. The quantitative estimate of drug-likeness (QED) is 0.589. The molecule has 3 aromatic rings. The van der Waals surface area contributed by atoms with Gasteiger partial charge < -0.3 is 14.7 Å². The molecule has 0 saturated carbocycles. The van der Waals surface area contributed by atoms with E-state index in [1.807, 2.05) is 17.1 Å². The van der Waals surface area contributed by atoms with Gasteiger partial charge in [0.25, 0.3) is 0 Å². The fourth-order valence-electron chi connectivity index (χ4n) is 3.91. The number of benzene rings is 2. The number of phenols is 1. The molecule has 0 aliphatic carbocycles. The Kier molecular flexibility index (Phi) is 6.00. The van der Waals surface area contributed by atoms with Crippen LogP contribution in [0.5, 0.6) is 5.75 Å². The van der Waals surface area contributed by atoms with Crippen molar-refractivity contribution in [3.8, 4) is 27.7 Å². The second-order valence-corrected chi connectivity index (χ2v) is 8.62. The highest BCUT2D eigenvalue weighted by Crippen LogP contribution is 2.32. The average Bonchev–Trinajstić information content (AvgIpc) is 3.54. The van der Waals surface area contributed by atoms with E-state index in [4.69, 9.17) is 4.74 Å². The van der Waals surface area contributed by atoms with Crippen LogP contribution in [0.15, 0.2) is 41.5 Å². The lowest BCUT2D eigenvalue weighted by Gasteiger charge is -2.23. The van der Waals surface area contributed by atoms with Crippen LogP contribution < -0.4 is 4.90 Å². The standard InChI is InChI=1S/C23H24FN5O2S/c24-20-14-17(13-18(21(20)30)15-25-29-9-11-31-12-10-29)23-26-22(27-32-23)16-3-5-19(6-4-16)28-7-1-2-8-28/h3-6,13-15,30H,1-2,7-12H2. The van der Waals surface area contributed by atoms with E-state index in [1.54, 1.807) is 6.07 Å². The molecule has 0 radical (unpaired) electrons. The minimum absolute atomic E-state index is 0.304. The number of hydrogen-bond acceptors (Lipinski definition) is 8. The van der Waals surface area contributed by atoms with Gasteiger partial charge in [-0.3, -0.25) is 5.01 Å². The molecule has 0 atom stereocenters. The van der Waals surface area contributed by atoms with Crippen LogP contribution in [0.1, 0.15) is 18.4 Å². The topological polar surface area (TPSA) is 74.1 Å². The highest BCUT2D eigenvalue weighted by atomic mass is 32.1. The first kappa shape index (κ1) is 20.8. The first-order valence-corrected chi connectivity index (χ1v) is 11.5. The summed E-state index contributed by atoms with van der Waals surface area (Å²) in [6.07, 6.45) is 3.95. The lowest BCUT2D eigenvalue weighted by molar-refractivity contribution is 0.0397. The van der Waals surface area contributed by atoms with Crippen LogP contribution in [0.3, 0.4) is 0 Å². The van der Waals surface area contributed by atoms with Crippen LogP contribution >= 0.6 is 11.5 Å². The average molecular weight is 454 g/mol. The van der Waals surface area contributed by atoms with Gasteiger partial charge in [0.05, 0.1) is 32.5 Å². The third-order valence-electron chi connectivity index (χ3n) is 5.71. The molecule has 0 spiro atoms. The third-order valence-corrected chi connectivity index (χ3v) is 6.47. The van der Waals surface area contributed by atoms with Crippen molar-refractivity contribution in [2.45, 2.75) is 12.8 Å². The zero-order valence-corrected chi connectivity index (χ0v) is 18.4. The minimum Gasteiger partial charge on any atom is -0.504 e. The zero-order chi connectivity index (χ0) is 21.9. The molecule has 7 nitrogen and oxygen atoms in total. The minimum atomic E-state index is -0.711. The van der Waals surface area contributed by atoms with Crippen molar-refractivity contribution < 1.29 is 14.2 Å². The third kappa shape index (κ3) is 4.44. The van der Waals surface area contributed by atoms with E-state index in [0.29, 0.717) is 48.3 Å². The Balaban J connectivity index is 1.37. The molecule has 166 valence electrons. The summed E-state index contributed by atoms with van der Waals surface area (Å²) in [7, 11) is 0. The van der Waals surface area contributed by atoms with Gasteiger partial charge >= 0.3 is 0 Å². The monoisotopic (exact) mass is 453 g/mol. The molecule has 3 heterocycles. The van der Waals surface area contributed by atoms with Gasteiger partial charge in [0, 0.05) is 35.5 Å². The van der Waals surface area contributed by atoms with Gasteiger partial charge in [-0.25, -0.2) is 9.37 Å². The zero-order valence-electron chi connectivity index (χ0n) is 17.6. The van der Waals surface area contributed by atoms with E-state index >= 15 is 0 Å². The highest BCUT2D eigenvalue weighted by Gasteiger charge is 2.16. The summed E-state index contributed by atoms with van der Waals surface area (Å²) in [4.78, 5) is 6.99. The Labute approximate surface area is 189 Å². The van der Waals surface area contributed by atoms with Gasteiger partial charge in [-0.2, -0.15) is 9.47 Å². The van der Waals surface area contributed by atoms with Gasteiger partial charge in [0.2, 0.25) is 0 Å². The molecule has 0 amide bonds. The molecule has 0 bridgehead atoms. The van der Waals surface area contributed by atoms with Crippen molar-refractivity contribution in [1.82, 2.24) is 14.4 Å². The van der Waals surface area contributed by atoms with Crippen molar-refractivity contribution in [3.63, 3.8) is 0 Å². The normalized spacial score (nSPS) is 16.9. The summed E-state index contributed by atoms with van der Waals surface area (Å²) in [5.74, 6) is -0.527. The second-order valence-electron chi connectivity index (χ2n) is 7.87. The van der Waals surface area contributed by atoms with Crippen molar-refractivity contribution in [2.75, 3.05) is 44.3 Å². The van der Waals surface area contributed by atoms with E-state index < -0.39 is 11.6 Å². The summed E-state index contributed by atoms with van der Waals surface area (Å²) < 4.78 is 24.2. The number of aromatic nitrogens is 2. The van der Waals surface area contributed by atoms with E-state index in [-0.39, 0.29) is 0 Å².